The molecule has 0 radical (unpaired) electrons. The molecule has 0 spiro atoms. The maximum Gasteiger partial charge on any atom is 0.265 e. The molecule has 2 N–H and O–H groups in total. The Morgan fingerprint density at radius 2 is 1.86 bits per heavy atom. The number of amides is 1. The Morgan fingerprint density at radius 3 is 2.48 bits per heavy atom. The van der Waals surface area contributed by atoms with Crippen LogP contribution in [0.5, 0.6) is 5.75 Å². The molecule has 3 rings (SSSR count). The summed E-state index contributed by atoms with van der Waals surface area (Å²) < 4.78 is 38.4. The highest BCUT2D eigenvalue weighted by molar-refractivity contribution is 7.89. The largest absolute Gasteiger partial charge is 0.481 e. The van der Waals surface area contributed by atoms with Crippen molar-refractivity contribution in [1.29, 1.82) is 0 Å². The Labute approximate surface area is 171 Å². The van der Waals surface area contributed by atoms with Crippen molar-refractivity contribution in [3.63, 3.8) is 0 Å². The molecule has 1 saturated heterocycles. The molecule has 0 aliphatic carbocycles. The van der Waals surface area contributed by atoms with E-state index in [4.69, 9.17) is 9.47 Å². The lowest BCUT2D eigenvalue weighted by Gasteiger charge is -2.15. The molecule has 1 fully saturated rings. The fraction of sp³-hybridized carbons (Fsp3) is 0.381. The number of hydrogen-bond acceptors (Lipinski definition) is 5. The fourth-order valence-corrected chi connectivity index (χ4v) is 3.99. The highest BCUT2D eigenvalue weighted by atomic mass is 32.2. The maximum atomic E-state index is 12.4. The van der Waals surface area contributed by atoms with Gasteiger partial charge in [0, 0.05) is 18.8 Å². The number of aryl methyl sites for hydroxylation is 1. The quantitative estimate of drug-likeness (QED) is 0.688. The summed E-state index contributed by atoms with van der Waals surface area (Å²) in [5.41, 5.74) is 1.60. The molecule has 1 aliphatic rings. The number of benzene rings is 2. The number of nitrogens with one attached hydrogen (secondary N) is 2. The van der Waals surface area contributed by atoms with Crippen LogP contribution in [0.4, 0.5) is 5.69 Å². The lowest BCUT2D eigenvalue weighted by molar-refractivity contribution is -0.122. The van der Waals surface area contributed by atoms with Crippen molar-refractivity contribution in [3.05, 3.63) is 54.1 Å². The highest BCUT2D eigenvalue weighted by Gasteiger charge is 2.20. The minimum Gasteiger partial charge on any atom is -0.481 e. The second-order valence-corrected chi connectivity index (χ2v) is 8.84. The van der Waals surface area contributed by atoms with Gasteiger partial charge in [0.05, 0.1) is 11.0 Å². The second-order valence-electron chi connectivity index (χ2n) is 7.07. The average Bonchev–Trinajstić information content (AvgIpc) is 3.22. The average molecular weight is 419 g/mol. The third-order valence-electron chi connectivity index (χ3n) is 4.66. The molecule has 156 valence electrons. The van der Waals surface area contributed by atoms with Crippen LogP contribution in [0, 0.1) is 6.92 Å². The van der Waals surface area contributed by atoms with Gasteiger partial charge in [-0.2, -0.15) is 0 Å². The lowest BCUT2D eigenvalue weighted by Crippen LogP contribution is -2.32. The minimum absolute atomic E-state index is 0.0710. The first kappa shape index (κ1) is 21.3. The van der Waals surface area contributed by atoms with Gasteiger partial charge in [-0.1, -0.05) is 17.7 Å². The summed E-state index contributed by atoms with van der Waals surface area (Å²) in [5, 5.41) is 2.73. The fourth-order valence-electron chi connectivity index (χ4n) is 2.93. The molecule has 2 atom stereocenters. The van der Waals surface area contributed by atoms with Gasteiger partial charge in [0.15, 0.2) is 6.10 Å². The molecule has 2 aromatic carbocycles. The summed E-state index contributed by atoms with van der Waals surface area (Å²) in [4.78, 5) is 12.5. The van der Waals surface area contributed by atoms with E-state index in [0.29, 0.717) is 18.0 Å². The number of carbonyl (C=O) groups is 1. The number of hydrogen-bond donors (Lipinski definition) is 2. The Morgan fingerprint density at radius 1 is 1.17 bits per heavy atom. The molecule has 1 amide bonds. The Balaban J connectivity index is 1.54. The Hall–Kier alpha value is -2.42. The van der Waals surface area contributed by atoms with Crippen LogP contribution in [0.1, 0.15) is 25.3 Å². The summed E-state index contributed by atoms with van der Waals surface area (Å²) in [7, 11) is -3.62. The number of carbonyl (C=O) groups excluding carboxylic acids is 1. The summed E-state index contributed by atoms with van der Waals surface area (Å²) in [6.45, 7) is 4.56. The molecule has 0 saturated carbocycles. The van der Waals surface area contributed by atoms with Crippen molar-refractivity contribution < 1.29 is 22.7 Å². The first-order valence-corrected chi connectivity index (χ1v) is 11.1. The van der Waals surface area contributed by atoms with Gasteiger partial charge < -0.3 is 14.8 Å². The molecule has 8 heteroatoms. The van der Waals surface area contributed by atoms with Crippen LogP contribution in [0.2, 0.25) is 0 Å². The molecule has 2 aromatic rings. The first-order valence-electron chi connectivity index (χ1n) is 9.59. The summed E-state index contributed by atoms with van der Waals surface area (Å²) in [5.74, 6) is 0.287. The zero-order valence-electron chi connectivity index (χ0n) is 16.6. The van der Waals surface area contributed by atoms with E-state index in [1.165, 1.54) is 12.1 Å². The predicted octanol–water partition coefficient (Wildman–Crippen LogP) is 2.86. The van der Waals surface area contributed by atoms with Crippen LogP contribution in [0.3, 0.4) is 0 Å². The van der Waals surface area contributed by atoms with Gasteiger partial charge in [0.1, 0.15) is 5.75 Å². The van der Waals surface area contributed by atoms with E-state index in [0.717, 1.165) is 18.4 Å². The molecular weight excluding hydrogens is 392 g/mol. The molecule has 1 aliphatic heterocycles. The predicted molar refractivity (Wildman–Crippen MR) is 111 cm³/mol. The molecule has 0 bridgehead atoms. The van der Waals surface area contributed by atoms with Crippen molar-refractivity contribution >= 4 is 21.6 Å². The van der Waals surface area contributed by atoms with Gasteiger partial charge in [-0.15, -0.1) is 0 Å². The van der Waals surface area contributed by atoms with E-state index in [9.17, 15) is 13.2 Å². The van der Waals surface area contributed by atoms with E-state index >= 15 is 0 Å². The number of anilines is 1. The maximum absolute atomic E-state index is 12.4. The first-order chi connectivity index (χ1) is 13.8. The topological polar surface area (TPSA) is 93.7 Å². The molecule has 7 nitrogen and oxygen atoms in total. The van der Waals surface area contributed by atoms with Crippen molar-refractivity contribution in [2.75, 3.05) is 18.5 Å². The summed E-state index contributed by atoms with van der Waals surface area (Å²) in [6, 6.07) is 13.5. The second kappa shape index (κ2) is 9.39. The monoisotopic (exact) mass is 418 g/mol. The van der Waals surface area contributed by atoms with E-state index in [1.54, 1.807) is 19.1 Å². The van der Waals surface area contributed by atoms with Crippen molar-refractivity contribution in [3.8, 4) is 5.75 Å². The van der Waals surface area contributed by atoms with E-state index in [-0.39, 0.29) is 23.5 Å². The van der Waals surface area contributed by atoms with Gasteiger partial charge in [0.2, 0.25) is 10.0 Å². The van der Waals surface area contributed by atoms with Crippen LogP contribution in [0.25, 0.3) is 0 Å². The summed E-state index contributed by atoms with van der Waals surface area (Å²) in [6.07, 6.45) is 1.04. The highest BCUT2D eigenvalue weighted by Crippen LogP contribution is 2.17. The molecular formula is C21H26N2O5S. The zero-order chi connectivity index (χ0) is 20.9. The van der Waals surface area contributed by atoms with E-state index < -0.39 is 16.1 Å². The van der Waals surface area contributed by atoms with Crippen molar-refractivity contribution in [2.45, 2.75) is 43.8 Å². The van der Waals surface area contributed by atoms with Crippen molar-refractivity contribution in [1.82, 2.24) is 4.72 Å². The molecule has 1 heterocycles. The lowest BCUT2D eigenvalue weighted by atomic mass is 10.2. The number of ether oxygens (including phenoxy) is 2. The third-order valence-corrected chi connectivity index (χ3v) is 6.10. The van der Waals surface area contributed by atoms with Crippen molar-refractivity contribution in [2.24, 2.45) is 0 Å². The van der Waals surface area contributed by atoms with Crippen LogP contribution in [-0.4, -0.2) is 39.7 Å². The van der Waals surface area contributed by atoms with E-state index in [2.05, 4.69) is 10.0 Å². The van der Waals surface area contributed by atoms with Gasteiger partial charge in [-0.3, -0.25) is 4.79 Å². The standard InChI is InChI=1S/C21H26N2O5S/c1-15-5-9-18(10-6-15)28-16(2)21(24)23-17-7-11-20(12-8-17)29(25,26)22-14-19-4-3-13-27-19/h5-12,16,19,22H,3-4,13-14H2,1-2H3,(H,23,24). The molecule has 0 aromatic heterocycles. The van der Waals surface area contributed by atoms with Crippen LogP contribution in [-0.2, 0) is 19.6 Å². The van der Waals surface area contributed by atoms with Gasteiger partial charge >= 0.3 is 0 Å². The number of rotatable bonds is 8. The third kappa shape index (κ3) is 6.03. The van der Waals surface area contributed by atoms with Crippen LogP contribution >= 0.6 is 0 Å². The Bertz CT molecular complexity index is 921. The van der Waals surface area contributed by atoms with Gasteiger partial charge in [-0.05, 0) is 63.1 Å². The van der Waals surface area contributed by atoms with E-state index in [1.807, 2.05) is 31.2 Å². The molecule has 29 heavy (non-hydrogen) atoms. The zero-order valence-corrected chi connectivity index (χ0v) is 17.4. The van der Waals surface area contributed by atoms with Crippen LogP contribution in [0.15, 0.2) is 53.4 Å². The summed E-state index contributed by atoms with van der Waals surface area (Å²) >= 11 is 0. The SMILES string of the molecule is Cc1ccc(OC(C)C(=O)Nc2ccc(S(=O)(=O)NCC3CCCO3)cc2)cc1. The van der Waals surface area contributed by atoms with Crippen LogP contribution < -0.4 is 14.8 Å². The smallest absolute Gasteiger partial charge is 0.265 e. The molecule has 2 unspecified atom stereocenters. The van der Waals surface area contributed by atoms with Gasteiger partial charge in [-0.25, -0.2) is 13.1 Å². The minimum atomic E-state index is -3.62. The number of sulfonamides is 1. The van der Waals surface area contributed by atoms with Gasteiger partial charge in [0.25, 0.3) is 5.91 Å². The normalized spacial score (nSPS) is 17.7. The Kier molecular flexibility index (Phi) is 6.89.